The predicted molar refractivity (Wildman–Crippen MR) is 64.8 cm³/mol. The number of halogens is 1. The molecule has 1 aliphatic rings. The van der Waals surface area contributed by atoms with Crippen LogP contribution in [-0.4, -0.2) is 36.4 Å². The number of aromatic nitrogens is 2. The molecule has 2 heterocycles. The first-order valence-corrected chi connectivity index (χ1v) is 5.88. The van der Waals surface area contributed by atoms with Gasteiger partial charge >= 0.3 is 6.01 Å². The zero-order chi connectivity index (χ0) is 12.4. The molecule has 1 aromatic heterocycles. The van der Waals surface area contributed by atoms with Crippen molar-refractivity contribution in [3.8, 4) is 11.5 Å². The van der Waals surface area contributed by atoms with Crippen LogP contribution in [0.25, 0.3) is 11.5 Å². The van der Waals surface area contributed by atoms with E-state index in [1.54, 1.807) is 12.1 Å². The third-order valence-corrected chi connectivity index (χ3v) is 2.89. The van der Waals surface area contributed by atoms with Gasteiger partial charge in [0.2, 0.25) is 5.89 Å². The van der Waals surface area contributed by atoms with Gasteiger partial charge in [0.15, 0.2) is 0 Å². The van der Waals surface area contributed by atoms with Crippen LogP contribution < -0.4 is 10.2 Å². The fraction of sp³-hybridized carbons (Fsp3) is 0.333. The maximum absolute atomic E-state index is 12.8. The SMILES string of the molecule is Fc1ccc(-c2nnc(N3CCNCC3)o2)cc1. The van der Waals surface area contributed by atoms with Gasteiger partial charge in [-0.1, -0.05) is 5.10 Å². The number of piperazine rings is 1. The molecular formula is C12H13FN4O. The lowest BCUT2D eigenvalue weighted by molar-refractivity contribution is 0.505. The van der Waals surface area contributed by atoms with E-state index in [1.165, 1.54) is 12.1 Å². The van der Waals surface area contributed by atoms with Gasteiger partial charge in [0.05, 0.1) is 0 Å². The second-order valence-electron chi connectivity index (χ2n) is 4.13. The summed E-state index contributed by atoms with van der Waals surface area (Å²) in [5.41, 5.74) is 0.727. The van der Waals surface area contributed by atoms with Crippen molar-refractivity contribution in [3.63, 3.8) is 0 Å². The van der Waals surface area contributed by atoms with Crippen molar-refractivity contribution in [2.45, 2.75) is 0 Å². The highest BCUT2D eigenvalue weighted by Gasteiger charge is 2.17. The highest BCUT2D eigenvalue weighted by atomic mass is 19.1. The minimum absolute atomic E-state index is 0.277. The molecule has 0 amide bonds. The summed E-state index contributed by atoms with van der Waals surface area (Å²) in [4.78, 5) is 2.04. The van der Waals surface area contributed by atoms with Gasteiger partial charge in [-0.3, -0.25) is 0 Å². The quantitative estimate of drug-likeness (QED) is 0.867. The van der Waals surface area contributed by atoms with Gasteiger partial charge < -0.3 is 14.6 Å². The first-order chi connectivity index (χ1) is 8.83. The summed E-state index contributed by atoms with van der Waals surface area (Å²) in [5.74, 6) is 0.143. The predicted octanol–water partition coefficient (Wildman–Crippen LogP) is 1.29. The summed E-state index contributed by atoms with van der Waals surface area (Å²) in [7, 11) is 0. The lowest BCUT2D eigenvalue weighted by Gasteiger charge is -2.24. The van der Waals surface area contributed by atoms with Gasteiger partial charge in [0.25, 0.3) is 0 Å². The van der Waals surface area contributed by atoms with Crippen LogP contribution in [0.4, 0.5) is 10.4 Å². The highest BCUT2D eigenvalue weighted by Crippen LogP contribution is 2.22. The standard InChI is InChI=1S/C12H13FN4O/c13-10-3-1-9(2-4-10)11-15-16-12(18-11)17-7-5-14-6-8-17/h1-4,14H,5-8H2. The average molecular weight is 248 g/mol. The Balaban J connectivity index is 1.82. The zero-order valence-electron chi connectivity index (χ0n) is 9.77. The van der Waals surface area contributed by atoms with Crippen LogP contribution in [0.1, 0.15) is 0 Å². The van der Waals surface area contributed by atoms with Crippen molar-refractivity contribution >= 4 is 6.01 Å². The molecule has 2 aromatic rings. The fourth-order valence-electron chi connectivity index (χ4n) is 1.91. The zero-order valence-corrected chi connectivity index (χ0v) is 9.77. The summed E-state index contributed by atoms with van der Waals surface area (Å²) < 4.78 is 18.4. The van der Waals surface area contributed by atoms with E-state index in [4.69, 9.17) is 4.42 Å². The van der Waals surface area contributed by atoms with Gasteiger partial charge in [0, 0.05) is 31.7 Å². The second-order valence-corrected chi connectivity index (χ2v) is 4.13. The Kier molecular flexibility index (Phi) is 2.93. The Hall–Kier alpha value is -1.95. The largest absolute Gasteiger partial charge is 0.403 e. The van der Waals surface area contributed by atoms with Gasteiger partial charge in [-0.2, -0.15) is 0 Å². The maximum atomic E-state index is 12.8. The molecule has 5 nitrogen and oxygen atoms in total. The molecule has 1 saturated heterocycles. The van der Waals surface area contributed by atoms with Crippen molar-refractivity contribution in [1.82, 2.24) is 15.5 Å². The minimum Gasteiger partial charge on any atom is -0.403 e. The molecule has 0 atom stereocenters. The third-order valence-electron chi connectivity index (χ3n) is 2.89. The van der Waals surface area contributed by atoms with E-state index in [2.05, 4.69) is 15.5 Å². The van der Waals surface area contributed by atoms with E-state index >= 15 is 0 Å². The number of hydrogen-bond acceptors (Lipinski definition) is 5. The van der Waals surface area contributed by atoms with Crippen LogP contribution >= 0.6 is 0 Å². The topological polar surface area (TPSA) is 54.2 Å². The monoisotopic (exact) mass is 248 g/mol. The van der Waals surface area contributed by atoms with E-state index in [0.29, 0.717) is 11.9 Å². The number of hydrogen-bond donors (Lipinski definition) is 1. The van der Waals surface area contributed by atoms with Gasteiger partial charge in [-0.15, -0.1) is 5.10 Å². The van der Waals surface area contributed by atoms with E-state index in [-0.39, 0.29) is 5.82 Å². The van der Waals surface area contributed by atoms with Crippen LogP contribution in [0.3, 0.4) is 0 Å². The molecular weight excluding hydrogens is 235 g/mol. The Morgan fingerprint density at radius 1 is 1.11 bits per heavy atom. The second kappa shape index (κ2) is 4.73. The molecule has 0 unspecified atom stereocenters. The Labute approximate surface area is 104 Å². The first-order valence-electron chi connectivity index (χ1n) is 5.88. The minimum atomic E-state index is -0.277. The molecule has 94 valence electrons. The molecule has 0 spiro atoms. The number of anilines is 1. The molecule has 1 aliphatic heterocycles. The summed E-state index contributed by atoms with van der Waals surface area (Å²) in [5, 5.41) is 11.3. The summed E-state index contributed by atoms with van der Waals surface area (Å²) in [6, 6.07) is 6.54. The van der Waals surface area contributed by atoms with Crippen molar-refractivity contribution in [1.29, 1.82) is 0 Å². The Morgan fingerprint density at radius 3 is 2.56 bits per heavy atom. The number of nitrogens with zero attached hydrogens (tertiary/aromatic N) is 3. The van der Waals surface area contributed by atoms with E-state index in [0.717, 1.165) is 31.7 Å². The van der Waals surface area contributed by atoms with Gasteiger partial charge in [-0.05, 0) is 24.3 Å². The fourth-order valence-corrected chi connectivity index (χ4v) is 1.91. The van der Waals surface area contributed by atoms with Crippen LogP contribution in [0.5, 0.6) is 0 Å². The lowest BCUT2D eigenvalue weighted by atomic mass is 10.2. The van der Waals surface area contributed by atoms with Crippen molar-refractivity contribution in [2.75, 3.05) is 31.1 Å². The molecule has 0 saturated carbocycles. The molecule has 1 aromatic carbocycles. The lowest BCUT2D eigenvalue weighted by Crippen LogP contribution is -2.43. The van der Waals surface area contributed by atoms with Crippen LogP contribution in [-0.2, 0) is 0 Å². The summed E-state index contributed by atoms with van der Waals surface area (Å²) in [6.07, 6.45) is 0. The normalized spacial score (nSPS) is 15.9. The van der Waals surface area contributed by atoms with E-state index in [9.17, 15) is 4.39 Å². The molecule has 18 heavy (non-hydrogen) atoms. The molecule has 0 aliphatic carbocycles. The van der Waals surface area contributed by atoms with Crippen molar-refractivity contribution in [2.24, 2.45) is 0 Å². The van der Waals surface area contributed by atoms with Gasteiger partial charge in [-0.25, -0.2) is 4.39 Å². The van der Waals surface area contributed by atoms with Crippen LogP contribution in [0, 0.1) is 5.82 Å². The third kappa shape index (κ3) is 2.19. The molecule has 1 fully saturated rings. The molecule has 0 bridgehead atoms. The van der Waals surface area contributed by atoms with Crippen LogP contribution in [0.2, 0.25) is 0 Å². The molecule has 6 heteroatoms. The highest BCUT2D eigenvalue weighted by molar-refractivity contribution is 5.53. The smallest absolute Gasteiger partial charge is 0.318 e. The van der Waals surface area contributed by atoms with E-state index < -0.39 is 0 Å². The molecule has 3 rings (SSSR count). The van der Waals surface area contributed by atoms with E-state index in [1.807, 2.05) is 4.90 Å². The summed E-state index contributed by atoms with van der Waals surface area (Å²) in [6.45, 7) is 3.53. The van der Waals surface area contributed by atoms with Crippen molar-refractivity contribution in [3.05, 3.63) is 30.1 Å². The van der Waals surface area contributed by atoms with Crippen molar-refractivity contribution < 1.29 is 8.81 Å². The number of nitrogens with one attached hydrogen (secondary N) is 1. The Bertz CT molecular complexity index is 519. The number of rotatable bonds is 2. The summed E-state index contributed by atoms with van der Waals surface area (Å²) >= 11 is 0. The Morgan fingerprint density at radius 2 is 1.83 bits per heavy atom. The van der Waals surface area contributed by atoms with Crippen LogP contribution in [0.15, 0.2) is 28.7 Å². The first kappa shape index (κ1) is 11.2. The molecule has 0 radical (unpaired) electrons. The molecule has 1 N–H and O–H groups in total. The van der Waals surface area contributed by atoms with Gasteiger partial charge in [0.1, 0.15) is 5.82 Å². The average Bonchev–Trinajstić information content (AvgIpc) is 2.90. The maximum Gasteiger partial charge on any atom is 0.318 e. The number of benzene rings is 1.